The zero-order valence-electron chi connectivity index (χ0n) is 17.4. The van der Waals surface area contributed by atoms with Crippen LogP contribution in [-0.4, -0.2) is 37.0 Å². The van der Waals surface area contributed by atoms with Crippen molar-refractivity contribution in [2.75, 3.05) is 26.2 Å². The summed E-state index contributed by atoms with van der Waals surface area (Å²) in [4.78, 5) is 14.9. The summed E-state index contributed by atoms with van der Waals surface area (Å²) >= 11 is 6.50. The van der Waals surface area contributed by atoms with E-state index in [9.17, 15) is 4.79 Å². The van der Waals surface area contributed by atoms with Gasteiger partial charge < -0.3 is 10.1 Å². The number of carbonyl (C=O) groups is 1. The Bertz CT molecular complexity index is 796. The monoisotopic (exact) mass is 414 g/mol. The van der Waals surface area contributed by atoms with Crippen LogP contribution in [0.5, 0.6) is 5.75 Å². The lowest BCUT2D eigenvalue weighted by atomic mass is 10.0. The van der Waals surface area contributed by atoms with E-state index in [1.165, 1.54) is 25.7 Å². The average Bonchev–Trinajstić information content (AvgIpc) is 2.97. The third-order valence-corrected chi connectivity index (χ3v) is 5.75. The molecule has 156 valence electrons. The van der Waals surface area contributed by atoms with Crippen LogP contribution in [0.25, 0.3) is 0 Å². The van der Waals surface area contributed by atoms with Gasteiger partial charge in [0.1, 0.15) is 5.75 Å². The van der Waals surface area contributed by atoms with Crippen LogP contribution in [0.1, 0.15) is 48.4 Å². The van der Waals surface area contributed by atoms with Gasteiger partial charge in [0, 0.05) is 11.6 Å². The molecule has 1 N–H and O–H groups in total. The van der Waals surface area contributed by atoms with E-state index in [4.69, 9.17) is 16.3 Å². The van der Waals surface area contributed by atoms with Gasteiger partial charge in [-0.3, -0.25) is 9.69 Å². The van der Waals surface area contributed by atoms with E-state index in [0.29, 0.717) is 6.54 Å². The second-order valence-electron chi connectivity index (χ2n) is 7.90. The van der Waals surface area contributed by atoms with Crippen LogP contribution < -0.4 is 10.1 Å². The lowest BCUT2D eigenvalue weighted by Gasteiger charge is -2.31. The Morgan fingerprint density at radius 1 is 1.07 bits per heavy atom. The molecule has 0 saturated carbocycles. The van der Waals surface area contributed by atoms with Crippen molar-refractivity contribution < 1.29 is 9.53 Å². The summed E-state index contributed by atoms with van der Waals surface area (Å²) in [6.07, 6.45) is 4.90. The Morgan fingerprint density at radius 3 is 2.38 bits per heavy atom. The van der Waals surface area contributed by atoms with Crippen LogP contribution >= 0.6 is 11.6 Å². The zero-order valence-corrected chi connectivity index (χ0v) is 18.2. The molecule has 5 heteroatoms. The van der Waals surface area contributed by atoms with Crippen molar-refractivity contribution in [3.63, 3.8) is 0 Å². The number of likely N-dealkylation sites (tertiary alicyclic amines) is 1. The maximum Gasteiger partial charge on any atom is 0.258 e. The minimum atomic E-state index is -0.115. The Hall–Kier alpha value is -2.04. The van der Waals surface area contributed by atoms with Gasteiger partial charge in [-0.05, 0) is 74.7 Å². The Morgan fingerprint density at radius 2 is 1.72 bits per heavy atom. The number of aryl methyl sites for hydroxylation is 2. The standard InChI is InChI=1S/C24H31ClN2O2/c1-18-13-19(2)15-20(14-18)29-17-24(28)26-16-23(21-9-5-6-10-22(21)25)27-11-7-3-4-8-12-27/h5-6,9-10,13-15,23H,3-4,7-8,11-12,16-17H2,1-2H3,(H,26,28)/t23-/m0/s1. The van der Waals surface area contributed by atoms with Gasteiger partial charge in [-0.2, -0.15) is 0 Å². The normalized spacial score (nSPS) is 16.1. The fraction of sp³-hybridized carbons (Fsp3) is 0.458. The third-order valence-electron chi connectivity index (χ3n) is 5.40. The summed E-state index contributed by atoms with van der Waals surface area (Å²) < 4.78 is 5.70. The number of carbonyl (C=O) groups excluding carboxylic acids is 1. The summed E-state index contributed by atoms with van der Waals surface area (Å²) in [7, 11) is 0. The summed E-state index contributed by atoms with van der Waals surface area (Å²) in [6, 6.07) is 14.0. The van der Waals surface area contributed by atoms with E-state index in [1.807, 2.05) is 44.2 Å². The van der Waals surface area contributed by atoms with E-state index in [1.54, 1.807) is 0 Å². The summed E-state index contributed by atoms with van der Waals surface area (Å²) in [6.45, 7) is 6.65. The average molecular weight is 415 g/mol. The van der Waals surface area contributed by atoms with E-state index < -0.39 is 0 Å². The SMILES string of the molecule is Cc1cc(C)cc(OCC(=O)NC[C@@H](c2ccccc2Cl)N2CCCCCC2)c1. The van der Waals surface area contributed by atoms with Gasteiger partial charge in [0.25, 0.3) is 5.91 Å². The number of ether oxygens (including phenoxy) is 1. The Balaban J connectivity index is 1.62. The van der Waals surface area contributed by atoms with Crippen molar-refractivity contribution in [3.05, 3.63) is 64.2 Å². The number of nitrogens with zero attached hydrogens (tertiary/aromatic N) is 1. The fourth-order valence-corrected chi connectivity index (χ4v) is 4.28. The first-order chi connectivity index (χ1) is 14.0. The maximum atomic E-state index is 12.5. The molecule has 1 atom stereocenters. The first-order valence-electron chi connectivity index (χ1n) is 10.5. The molecule has 1 aliphatic rings. The summed E-state index contributed by atoms with van der Waals surface area (Å²) in [5, 5.41) is 3.81. The molecule has 1 saturated heterocycles. The molecule has 3 rings (SSSR count). The van der Waals surface area contributed by atoms with Crippen LogP contribution in [0, 0.1) is 13.8 Å². The molecular weight excluding hydrogens is 384 g/mol. The highest BCUT2D eigenvalue weighted by atomic mass is 35.5. The molecule has 0 spiro atoms. The molecule has 0 radical (unpaired) electrons. The van der Waals surface area contributed by atoms with E-state index >= 15 is 0 Å². The van der Waals surface area contributed by atoms with Gasteiger partial charge in [-0.1, -0.05) is 48.7 Å². The molecule has 29 heavy (non-hydrogen) atoms. The second-order valence-corrected chi connectivity index (χ2v) is 8.31. The smallest absolute Gasteiger partial charge is 0.258 e. The van der Waals surface area contributed by atoms with Gasteiger partial charge >= 0.3 is 0 Å². The molecule has 1 aliphatic heterocycles. The minimum absolute atomic E-state index is 0.0120. The van der Waals surface area contributed by atoms with Gasteiger partial charge in [-0.15, -0.1) is 0 Å². The molecule has 2 aromatic rings. The van der Waals surface area contributed by atoms with Crippen molar-refractivity contribution >= 4 is 17.5 Å². The molecule has 1 heterocycles. The molecule has 0 bridgehead atoms. The maximum absolute atomic E-state index is 12.5. The van der Waals surface area contributed by atoms with Gasteiger partial charge in [0.15, 0.2) is 6.61 Å². The van der Waals surface area contributed by atoms with E-state index in [-0.39, 0.29) is 18.6 Å². The number of rotatable bonds is 7. The zero-order chi connectivity index (χ0) is 20.6. The highest BCUT2D eigenvalue weighted by Crippen LogP contribution is 2.29. The molecule has 1 amide bonds. The topological polar surface area (TPSA) is 41.6 Å². The van der Waals surface area contributed by atoms with Crippen LogP contribution in [0.15, 0.2) is 42.5 Å². The Labute approximate surface area is 179 Å². The predicted octanol–water partition coefficient (Wildman–Crippen LogP) is 5.07. The number of halogens is 1. The van der Waals surface area contributed by atoms with Crippen LogP contribution in [0.3, 0.4) is 0 Å². The van der Waals surface area contributed by atoms with Crippen LogP contribution in [-0.2, 0) is 4.79 Å². The molecule has 0 unspecified atom stereocenters. The van der Waals surface area contributed by atoms with E-state index in [2.05, 4.69) is 22.3 Å². The molecule has 0 aromatic heterocycles. The molecule has 2 aromatic carbocycles. The number of amides is 1. The van der Waals surface area contributed by atoms with Gasteiger partial charge in [0.2, 0.25) is 0 Å². The van der Waals surface area contributed by atoms with Gasteiger partial charge in [-0.25, -0.2) is 0 Å². The van der Waals surface area contributed by atoms with Crippen molar-refractivity contribution in [1.82, 2.24) is 10.2 Å². The van der Waals surface area contributed by atoms with Crippen molar-refractivity contribution in [1.29, 1.82) is 0 Å². The lowest BCUT2D eigenvalue weighted by Crippen LogP contribution is -2.40. The Kier molecular flexibility index (Phi) is 7.96. The highest BCUT2D eigenvalue weighted by Gasteiger charge is 2.24. The molecule has 1 fully saturated rings. The van der Waals surface area contributed by atoms with Crippen molar-refractivity contribution in [2.24, 2.45) is 0 Å². The van der Waals surface area contributed by atoms with Gasteiger partial charge in [0.05, 0.1) is 6.04 Å². The van der Waals surface area contributed by atoms with Crippen LogP contribution in [0.4, 0.5) is 0 Å². The number of hydrogen-bond acceptors (Lipinski definition) is 3. The number of benzene rings is 2. The molecule has 0 aliphatic carbocycles. The number of hydrogen-bond donors (Lipinski definition) is 1. The first-order valence-corrected chi connectivity index (χ1v) is 10.9. The second kappa shape index (κ2) is 10.7. The largest absolute Gasteiger partial charge is 0.484 e. The lowest BCUT2D eigenvalue weighted by molar-refractivity contribution is -0.123. The molecular formula is C24H31ClN2O2. The summed E-state index contributed by atoms with van der Waals surface area (Å²) in [5.74, 6) is 0.615. The summed E-state index contributed by atoms with van der Waals surface area (Å²) in [5.41, 5.74) is 3.33. The molecule has 4 nitrogen and oxygen atoms in total. The van der Waals surface area contributed by atoms with E-state index in [0.717, 1.165) is 40.6 Å². The third kappa shape index (κ3) is 6.48. The van der Waals surface area contributed by atoms with Crippen molar-refractivity contribution in [3.8, 4) is 5.75 Å². The predicted molar refractivity (Wildman–Crippen MR) is 119 cm³/mol. The fourth-order valence-electron chi connectivity index (χ4n) is 4.01. The minimum Gasteiger partial charge on any atom is -0.484 e. The first kappa shape index (κ1) is 21.7. The number of nitrogens with one attached hydrogen (secondary N) is 1. The van der Waals surface area contributed by atoms with Crippen LogP contribution in [0.2, 0.25) is 5.02 Å². The quantitative estimate of drug-likeness (QED) is 0.687. The van der Waals surface area contributed by atoms with Crippen molar-refractivity contribution in [2.45, 2.75) is 45.6 Å². The highest BCUT2D eigenvalue weighted by molar-refractivity contribution is 6.31.